The highest BCUT2D eigenvalue weighted by molar-refractivity contribution is 8.00. The number of hydrogen-bond acceptors (Lipinski definition) is 6. The number of benzene rings is 6. The van der Waals surface area contributed by atoms with Gasteiger partial charge in [0.15, 0.2) is 0 Å². The smallest absolute Gasteiger partial charge is 0.234 e. The zero-order valence-corrected chi connectivity index (χ0v) is 29.5. The van der Waals surface area contributed by atoms with Gasteiger partial charge in [-0.1, -0.05) is 77.9 Å². The van der Waals surface area contributed by atoms with E-state index in [4.69, 9.17) is 9.47 Å². The van der Waals surface area contributed by atoms with E-state index < -0.39 is 0 Å². The third-order valence-corrected chi connectivity index (χ3v) is 9.02. The van der Waals surface area contributed by atoms with Crippen molar-refractivity contribution in [2.24, 2.45) is 0 Å². The molecule has 6 nitrogen and oxygen atoms in total. The van der Waals surface area contributed by atoms with Gasteiger partial charge in [-0.15, -0.1) is 23.5 Å². The highest BCUT2D eigenvalue weighted by Gasteiger charge is 2.07. The van der Waals surface area contributed by atoms with E-state index in [1.165, 1.54) is 34.7 Å². The second-order valence-electron chi connectivity index (χ2n) is 11.2. The molecule has 0 heterocycles. The number of rotatable bonds is 12. The van der Waals surface area contributed by atoms with E-state index in [1.54, 1.807) is 0 Å². The van der Waals surface area contributed by atoms with Crippen LogP contribution in [0.15, 0.2) is 168 Å². The number of carbonyl (C=O) groups is 2. The summed E-state index contributed by atoms with van der Waals surface area (Å²) in [7, 11) is 0. The quantitative estimate of drug-likeness (QED) is 0.124. The number of aryl methyl sites for hydroxylation is 2. The Morgan fingerprint density at radius 3 is 1.38 bits per heavy atom. The number of hydrogen-bond donors (Lipinski definition) is 2. The minimum Gasteiger partial charge on any atom is -0.457 e. The van der Waals surface area contributed by atoms with E-state index in [2.05, 4.69) is 10.6 Å². The van der Waals surface area contributed by atoms with Gasteiger partial charge >= 0.3 is 0 Å². The van der Waals surface area contributed by atoms with Gasteiger partial charge in [0, 0.05) is 27.2 Å². The van der Waals surface area contributed by atoms with Gasteiger partial charge < -0.3 is 20.1 Å². The van der Waals surface area contributed by atoms with Crippen molar-refractivity contribution in [1.29, 1.82) is 0 Å². The molecular formula is C42H38N2O4S2. The summed E-state index contributed by atoms with van der Waals surface area (Å²) < 4.78 is 11.5. The summed E-state index contributed by atoms with van der Waals surface area (Å²) in [6.45, 7) is 4.10. The Morgan fingerprint density at radius 2 is 0.880 bits per heavy atom. The number of anilines is 2. The molecule has 50 heavy (non-hydrogen) atoms. The standard InChI is InChI=1S/2C21H19NO2S/c1-16-10-12-20(13-11-16)25-15-21(23)22-17-6-5-9-19(14-17)24-18-7-3-2-4-8-18;1-16-7-13-20(14-8-16)25-15-21(23)22-17-9-11-19(12-10-17)24-18-5-3-2-4-6-18/h2*2-14H,15H2,1H3,(H,22,23). The Hall–Kier alpha value is -5.44. The van der Waals surface area contributed by atoms with E-state index >= 15 is 0 Å². The lowest BCUT2D eigenvalue weighted by Gasteiger charge is -2.09. The Labute approximate surface area is 302 Å². The predicted octanol–water partition coefficient (Wildman–Crippen LogP) is 11.0. The zero-order chi connectivity index (χ0) is 35.0. The van der Waals surface area contributed by atoms with Crippen molar-refractivity contribution >= 4 is 46.7 Å². The fraction of sp³-hybridized carbons (Fsp3) is 0.0952. The van der Waals surface area contributed by atoms with E-state index in [9.17, 15) is 9.59 Å². The van der Waals surface area contributed by atoms with Crippen LogP contribution in [0.1, 0.15) is 11.1 Å². The molecule has 0 saturated carbocycles. The average molecular weight is 699 g/mol. The number of amides is 2. The number of ether oxygens (including phenoxy) is 2. The maximum Gasteiger partial charge on any atom is 0.234 e. The van der Waals surface area contributed by atoms with Crippen LogP contribution in [0.4, 0.5) is 11.4 Å². The van der Waals surface area contributed by atoms with Crippen molar-refractivity contribution in [2.75, 3.05) is 22.1 Å². The van der Waals surface area contributed by atoms with Crippen molar-refractivity contribution < 1.29 is 19.1 Å². The molecule has 0 unspecified atom stereocenters. The molecule has 0 bridgehead atoms. The van der Waals surface area contributed by atoms with E-state index in [1.807, 2.05) is 172 Å². The summed E-state index contributed by atoms with van der Waals surface area (Å²) in [4.78, 5) is 26.4. The maximum atomic E-state index is 12.1. The summed E-state index contributed by atoms with van der Waals surface area (Å²) >= 11 is 3.04. The van der Waals surface area contributed by atoms with Crippen molar-refractivity contribution in [3.8, 4) is 23.0 Å². The third kappa shape index (κ3) is 12.5. The van der Waals surface area contributed by atoms with Crippen molar-refractivity contribution in [3.05, 3.63) is 169 Å². The van der Waals surface area contributed by atoms with Gasteiger partial charge in [-0.3, -0.25) is 9.59 Å². The van der Waals surface area contributed by atoms with Crippen LogP contribution in [0, 0.1) is 13.8 Å². The first-order valence-electron chi connectivity index (χ1n) is 16.0. The first kappa shape index (κ1) is 35.9. The molecule has 8 heteroatoms. The summed E-state index contributed by atoms with van der Waals surface area (Å²) in [6.07, 6.45) is 0. The zero-order valence-electron chi connectivity index (χ0n) is 27.9. The minimum atomic E-state index is -0.0394. The molecule has 0 aliphatic heterocycles. The molecule has 0 aliphatic rings. The lowest BCUT2D eigenvalue weighted by atomic mass is 10.2. The van der Waals surface area contributed by atoms with Gasteiger partial charge in [-0.2, -0.15) is 0 Å². The summed E-state index contributed by atoms with van der Waals surface area (Å²) in [6, 6.07) is 50.2. The number of para-hydroxylation sites is 2. The van der Waals surface area contributed by atoms with Crippen LogP contribution in [0.2, 0.25) is 0 Å². The Morgan fingerprint density at radius 1 is 0.460 bits per heavy atom. The highest BCUT2D eigenvalue weighted by Crippen LogP contribution is 2.26. The molecule has 0 aliphatic carbocycles. The fourth-order valence-electron chi connectivity index (χ4n) is 4.45. The van der Waals surface area contributed by atoms with Gasteiger partial charge in [0.25, 0.3) is 0 Å². The first-order chi connectivity index (χ1) is 24.4. The third-order valence-electron chi connectivity index (χ3n) is 7.00. The van der Waals surface area contributed by atoms with Crippen molar-refractivity contribution in [1.82, 2.24) is 0 Å². The number of thioether (sulfide) groups is 2. The molecule has 0 fully saturated rings. The van der Waals surface area contributed by atoms with Crippen LogP contribution in [-0.2, 0) is 9.59 Å². The van der Waals surface area contributed by atoms with Gasteiger partial charge in [0.05, 0.1) is 11.5 Å². The Bertz CT molecular complexity index is 1940. The molecule has 6 rings (SSSR count). The van der Waals surface area contributed by atoms with E-state index in [0.717, 1.165) is 38.4 Å². The lowest BCUT2D eigenvalue weighted by Crippen LogP contribution is -2.13. The summed E-state index contributed by atoms with van der Waals surface area (Å²) in [5.41, 5.74) is 3.91. The van der Waals surface area contributed by atoms with Gasteiger partial charge in [0.2, 0.25) is 11.8 Å². The van der Waals surface area contributed by atoms with Crippen LogP contribution < -0.4 is 20.1 Å². The second-order valence-corrected chi connectivity index (χ2v) is 13.3. The van der Waals surface area contributed by atoms with Crippen LogP contribution >= 0.6 is 23.5 Å². The Kier molecular flexibility index (Phi) is 13.6. The normalized spacial score (nSPS) is 10.3. The second kappa shape index (κ2) is 18.9. The maximum absolute atomic E-state index is 12.1. The van der Waals surface area contributed by atoms with E-state index in [0.29, 0.717) is 17.3 Å². The van der Waals surface area contributed by atoms with E-state index in [-0.39, 0.29) is 11.8 Å². The molecule has 0 saturated heterocycles. The van der Waals surface area contributed by atoms with Crippen LogP contribution in [0.5, 0.6) is 23.0 Å². The molecule has 252 valence electrons. The largest absolute Gasteiger partial charge is 0.457 e. The van der Waals surface area contributed by atoms with Gasteiger partial charge in [-0.25, -0.2) is 0 Å². The SMILES string of the molecule is Cc1ccc(SCC(=O)Nc2ccc(Oc3ccccc3)cc2)cc1.Cc1ccc(SCC(=O)Nc2cccc(Oc3ccccc3)c2)cc1. The van der Waals surface area contributed by atoms with Crippen molar-refractivity contribution in [2.45, 2.75) is 23.6 Å². The molecule has 2 amide bonds. The monoisotopic (exact) mass is 698 g/mol. The lowest BCUT2D eigenvalue weighted by molar-refractivity contribution is -0.114. The van der Waals surface area contributed by atoms with Crippen molar-refractivity contribution in [3.63, 3.8) is 0 Å². The molecular weight excluding hydrogens is 661 g/mol. The molecule has 0 atom stereocenters. The first-order valence-corrected chi connectivity index (χ1v) is 18.0. The van der Waals surface area contributed by atoms with Crippen LogP contribution in [0.3, 0.4) is 0 Å². The number of nitrogens with one attached hydrogen (secondary N) is 2. The summed E-state index contributed by atoms with van der Waals surface area (Å²) in [5.74, 6) is 3.66. The molecule has 6 aromatic rings. The minimum absolute atomic E-state index is 0.0256. The molecule has 0 radical (unpaired) electrons. The Balaban J connectivity index is 0.000000194. The van der Waals surface area contributed by atoms with Gasteiger partial charge in [-0.05, 0) is 98.8 Å². The molecule has 0 aromatic heterocycles. The topological polar surface area (TPSA) is 76.7 Å². The molecule has 6 aromatic carbocycles. The summed E-state index contributed by atoms with van der Waals surface area (Å²) in [5, 5.41) is 5.81. The van der Waals surface area contributed by atoms with Crippen LogP contribution in [-0.4, -0.2) is 23.3 Å². The molecule has 0 spiro atoms. The van der Waals surface area contributed by atoms with Crippen LogP contribution in [0.25, 0.3) is 0 Å². The average Bonchev–Trinajstić information content (AvgIpc) is 3.13. The predicted molar refractivity (Wildman–Crippen MR) is 207 cm³/mol. The highest BCUT2D eigenvalue weighted by atomic mass is 32.2. The fourth-order valence-corrected chi connectivity index (χ4v) is 5.85. The number of carbonyl (C=O) groups excluding carboxylic acids is 2. The van der Waals surface area contributed by atoms with Gasteiger partial charge in [0.1, 0.15) is 23.0 Å². The molecule has 2 N–H and O–H groups in total.